The Morgan fingerprint density at radius 2 is 1.43 bits per heavy atom. The Bertz CT molecular complexity index is 695. The van der Waals surface area contributed by atoms with E-state index in [1.54, 1.807) is 0 Å². The zero-order valence-corrected chi connectivity index (χ0v) is 21.7. The highest BCUT2D eigenvalue weighted by Gasteiger charge is 2.53. The Balaban J connectivity index is 2.21. The van der Waals surface area contributed by atoms with E-state index in [2.05, 4.69) is 12.2 Å². The molecule has 216 valence electrons. The number of hydrogen-bond donors (Lipinski definition) is 6. The first kappa shape index (κ1) is 31.8. The summed E-state index contributed by atoms with van der Waals surface area (Å²) in [6.07, 6.45) is -6.48. The predicted molar refractivity (Wildman–Crippen MR) is 127 cm³/mol. The highest BCUT2D eigenvalue weighted by molar-refractivity contribution is 5.73. The predicted octanol–water partition coefficient (Wildman–Crippen LogP) is -1.30. The number of aliphatic hydroxyl groups excluding tert-OH is 5. The molecule has 0 radical (unpaired) electrons. The van der Waals surface area contributed by atoms with Crippen LogP contribution < -0.4 is 5.32 Å². The lowest BCUT2D eigenvalue weighted by molar-refractivity contribution is -0.348. The number of aliphatic hydroxyl groups is 5. The molecular weight excluding hydrogens is 494 g/mol. The fourth-order valence-electron chi connectivity index (χ4n) is 4.49. The Labute approximate surface area is 217 Å². The summed E-state index contributed by atoms with van der Waals surface area (Å²) in [6, 6.07) is -1.04. The summed E-state index contributed by atoms with van der Waals surface area (Å²) in [5.74, 6) is -1.18. The van der Waals surface area contributed by atoms with Crippen molar-refractivity contribution in [2.45, 2.75) is 121 Å². The van der Waals surface area contributed by atoms with Crippen LogP contribution in [-0.4, -0.2) is 119 Å². The van der Waals surface area contributed by atoms with E-state index in [1.807, 2.05) is 0 Å². The van der Waals surface area contributed by atoms with E-state index in [0.29, 0.717) is 6.61 Å². The monoisotopic (exact) mass is 537 g/mol. The number of esters is 1. The molecule has 0 aromatic carbocycles. The van der Waals surface area contributed by atoms with Gasteiger partial charge >= 0.3 is 5.97 Å². The molecule has 0 bridgehead atoms. The van der Waals surface area contributed by atoms with Crippen molar-refractivity contribution < 1.29 is 58.8 Å². The number of carbonyl (C=O) groups is 2. The summed E-state index contributed by atoms with van der Waals surface area (Å²) in [5.41, 5.74) is 0. The largest absolute Gasteiger partial charge is 0.457 e. The molecule has 6 N–H and O–H groups in total. The molecule has 2 saturated heterocycles. The summed E-state index contributed by atoms with van der Waals surface area (Å²) >= 11 is 0. The van der Waals surface area contributed by atoms with Crippen LogP contribution in [0, 0.1) is 0 Å². The van der Waals surface area contributed by atoms with Crippen molar-refractivity contribution in [1.29, 1.82) is 0 Å². The Kier molecular flexibility index (Phi) is 13.6. The number of nitrogens with one attached hydrogen (secondary N) is 1. The average Bonchev–Trinajstić information content (AvgIpc) is 2.85. The summed E-state index contributed by atoms with van der Waals surface area (Å²) < 4.78 is 28.5. The van der Waals surface area contributed by atoms with E-state index < -0.39 is 86.4 Å². The van der Waals surface area contributed by atoms with E-state index in [4.69, 9.17) is 23.7 Å². The van der Waals surface area contributed by atoms with E-state index in [1.165, 1.54) is 6.92 Å². The normalized spacial score (nSPS) is 36.2. The summed E-state index contributed by atoms with van der Waals surface area (Å²) in [7, 11) is 0. The van der Waals surface area contributed by atoms with Crippen molar-refractivity contribution in [3.05, 3.63) is 0 Å². The topological polar surface area (TPSA) is 193 Å². The van der Waals surface area contributed by atoms with Crippen LogP contribution in [0.25, 0.3) is 0 Å². The second-order valence-electron chi connectivity index (χ2n) is 9.46. The van der Waals surface area contributed by atoms with Gasteiger partial charge in [0.15, 0.2) is 18.7 Å². The third-order valence-corrected chi connectivity index (χ3v) is 6.42. The lowest BCUT2D eigenvalue weighted by Crippen LogP contribution is -2.68. The van der Waals surface area contributed by atoms with Gasteiger partial charge in [0.25, 0.3) is 0 Å². The minimum absolute atomic E-state index is 0.302. The lowest BCUT2D eigenvalue weighted by atomic mass is 9.95. The molecule has 10 atom stereocenters. The minimum atomic E-state index is -1.74. The molecule has 2 fully saturated rings. The van der Waals surface area contributed by atoms with Crippen molar-refractivity contribution in [3.63, 3.8) is 0 Å². The van der Waals surface area contributed by atoms with Crippen LogP contribution in [0.4, 0.5) is 0 Å². The molecule has 2 aliphatic rings. The first-order valence-electron chi connectivity index (χ1n) is 12.9. The molecule has 13 nitrogen and oxygen atoms in total. The third-order valence-electron chi connectivity index (χ3n) is 6.42. The van der Waals surface area contributed by atoms with Crippen molar-refractivity contribution in [2.75, 3.05) is 19.8 Å². The van der Waals surface area contributed by atoms with Crippen LogP contribution >= 0.6 is 0 Å². The van der Waals surface area contributed by atoms with Gasteiger partial charge in [0, 0.05) is 20.5 Å². The molecule has 0 aliphatic carbocycles. The highest BCUT2D eigenvalue weighted by Crippen LogP contribution is 2.31. The number of amides is 1. The molecule has 0 aromatic heterocycles. The van der Waals surface area contributed by atoms with Gasteiger partial charge < -0.3 is 54.5 Å². The molecular formula is C24H43NO12. The minimum Gasteiger partial charge on any atom is -0.457 e. The highest BCUT2D eigenvalue weighted by atomic mass is 16.7. The van der Waals surface area contributed by atoms with E-state index in [0.717, 1.165) is 45.4 Å². The Hall–Kier alpha value is -1.42. The van der Waals surface area contributed by atoms with Crippen LogP contribution in [0.5, 0.6) is 0 Å². The van der Waals surface area contributed by atoms with Gasteiger partial charge in [-0.2, -0.15) is 0 Å². The molecule has 0 spiro atoms. The maximum absolute atomic E-state index is 12.0. The SMILES string of the molecule is CCCCCCCCO[C@@H]1O[C@H](CO)[C@@H](O[C@@H]2O[C@H](CO)[C@H](O)[C@H](O)[C@H]2O)[C@H](OC(C)=O)[C@H]1NC(C)=O. The van der Waals surface area contributed by atoms with E-state index >= 15 is 0 Å². The van der Waals surface area contributed by atoms with Crippen molar-refractivity contribution in [1.82, 2.24) is 5.32 Å². The zero-order valence-electron chi connectivity index (χ0n) is 21.7. The standard InChI is InChI=1S/C24H43NO12/c1-4-5-6-7-8-9-10-33-23-17(25-13(2)28)22(34-14(3)29)21(16(12-27)36-23)37-24-20(32)19(31)18(30)15(11-26)35-24/h15-24,26-27,30-32H,4-12H2,1-3H3,(H,25,28)/t15-,16-,17-,18+,19+,20-,21-,22-,23-,24+/m1/s1. The molecule has 0 saturated carbocycles. The van der Waals surface area contributed by atoms with Gasteiger partial charge in [-0.05, 0) is 6.42 Å². The average molecular weight is 538 g/mol. The van der Waals surface area contributed by atoms with Gasteiger partial charge in [-0.15, -0.1) is 0 Å². The number of rotatable bonds is 14. The molecule has 37 heavy (non-hydrogen) atoms. The quantitative estimate of drug-likeness (QED) is 0.113. The third kappa shape index (κ3) is 9.08. The second-order valence-corrected chi connectivity index (χ2v) is 9.46. The first-order valence-corrected chi connectivity index (χ1v) is 12.9. The van der Waals surface area contributed by atoms with Gasteiger partial charge in [-0.1, -0.05) is 39.0 Å². The molecule has 2 rings (SSSR count). The molecule has 0 aromatic rings. The van der Waals surface area contributed by atoms with E-state index in [-0.39, 0.29) is 0 Å². The smallest absolute Gasteiger partial charge is 0.303 e. The van der Waals surface area contributed by atoms with Crippen LogP contribution in [0.1, 0.15) is 59.3 Å². The van der Waals surface area contributed by atoms with Crippen LogP contribution in [-0.2, 0) is 33.3 Å². The Morgan fingerprint density at radius 1 is 0.811 bits per heavy atom. The fraction of sp³-hybridized carbons (Fsp3) is 0.917. The van der Waals surface area contributed by atoms with Gasteiger partial charge in [0.05, 0.1) is 13.2 Å². The summed E-state index contributed by atoms with van der Waals surface area (Å²) in [5, 5.41) is 52.8. The van der Waals surface area contributed by atoms with Gasteiger partial charge in [-0.25, -0.2) is 0 Å². The van der Waals surface area contributed by atoms with Crippen molar-refractivity contribution in [2.24, 2.45) is 0 Å². The molecule has 0 unspecified atom stereocenters. The number of hydrogen-bond acceptors (Lipinski definition) is 12. The zero-order chi connectivity index (χ0) is 27.5. The maximum Gasteiger partial charge on any atom is 0.303 e. The maximum atomic E-state index is 12.0. The van der Waals surface area contributed by atoms with Gasteiger partial charge in [0.2, 0.25) is 5.91 Å². The summed E-state index contributed by atoms with van der Waals surface area (Å²) in [6.45, 7) is 3.58. The molecule has 2 aliphatic heterocycles. The number of unbranched alkanes of at least 4 members (excludes halogenated alkanes) is 5. The molecule has 2 heterocycles. The number of ether oxygens (including phenoxy) is 5. The lowest BCUT2D eigenvalue weighted by Gasteiger charge is -2.48. The van der Waals surface area contributed by atoms with Gasteiger partial charge in [0.1, 0.15) is 42.7 Å². The van der Waals surface area contributed by atoms with Crippen molar-refractivity contribution in [3.8, 4) is 0 Å². The first-order chi connectivity index (χ1) is 17.6. The molecule has 1 amide bonds. The van der Waals surface area contributed by atoms with E-state index in [9.17, 15) is 35.1 Å². The fourth-order valence-corrected chi connectivity index (χ4v) is 4.49. The summed E-state index contributed by atoms with van der Waals surface area (Å²) in [4.78, 5) is 24.0. The molecule has 13 heteroatoms. The van der Waals surface area contributed by atoms with Gasteiger partial charge in [-0.3, -0.25) is 9.59 Å². The number of carbonyl (C=O) groups excluding carboxylic acids is 2. The van der Waals surface area contributed by atoms with Crippen LogP contribution in [0.15, 0.2) is 0 Å². The van der Waals surface area contributed by atoms with Crippen LogP contribution in [0.3, 0.4) is 0 Å². The Morgan fingerprint density at radius 3 is 2.03 bits per heavy atom. The van der Waals surface area contributed by atoms with Crippen LogP contribution in [0.2, 0.25) is 0 Å². The second kappa shape index (κ2) is 15.9. The van der Waals surface area contributed by atoms with Crippen molar-refractivity contribution >= 4 is 11.9 Å².